The Morgan fingerprint density at radius 3 is 2.56 bits per heavy atom. The molecule has 0 spiro atoms. The molecule has 0 heterocycles. The SMILES string of the molecule is C#C[C@H](O[C@@H]1C=C(C)[C@](O)(/C=C/C(C)=C\C(=O)O)C(C)(C)C1)c1cccc(C(F)(F)F)c1. The molecule has 0 aromatic heterocycles. The minimum Gasteiger partial charge on any atom is -0.478 e. The van der Waals surface area contributed by atoms with Crippen LogP contribution in [0.25, 0.3) is 0 Å². The largest absolute Gasteiger partial charge is 0.478 e. The zero-order valence-corrected chi connectivity index (χ0v) is 18.4. The Hall–Kier alpha value is -2.82. The van der Waals surface area contributed by atoms with Gasteiger partial charge in [-0.1, -0.05) is 44.1 Å². The zero-order valence-electron chi connectivity index (χ0n) is 18.4. The van der Waals surface area contributed by atoms with Crippen molar-refractivity contribution in [2.24, 2.45) is 5.41 Å². The molecule has 32 heavy (non-hydrogen) atoms. The number of halogens is 3. The van der Waals surface area contributed by atoms with Crippen molar-refractivity contribution in [3.05, 3.63) is 70.8 Å². The van der Waals surface area contributed by atoms with Gasteiger partial charge >= 0.3 is 12.1 Å². The van der Waals surface area contributed by atoms with Crippen LogP contribution in [-0.4, -0.2) is 27.9 Å². The summed E-state index contributed by atoms with van der Waals surface area (Å²) in [5.41, 5.74) is -1.66. The zero-order chi connectivity index (χ0) is 24.3. The minimum atomic E-state index is -4.49. The lowest BCUT2D eigenvalue weighted by Gasteiger charge is -2.47. The number of carboxylic acid groups (broad SMARTS) is 1. The van der Waals surface area contributed by atoms with E-state index < -0.39 is 40.9 Å². The monoisotopic (exact) mass is 448 g/mol. The highest BCUT2D eigenvalue weighted by molar-refractivity contribution is 5.81. The molecule has 7 heteroatoms. The average molecular weight is 448 g/mol. The van der Waals surface area contributed by atoms with Gasteiger partial charge in [0.1, 0.15) is 11.7 Å². The highest BCUT2D eigenvalue weighted by Gasteiger charge is 2.47. The van der Waals surface area contributed by atoms with Crippen molar-refractivity contribution < 1.29 is 32.9 Å². The van der Waals surface area contributed by atoms with Gasteiger partial charge in [0, 0.05) is 11.5 Å². The van der Waals surface area contributed by atoms with Crippen molar-refractivity contribution in [3.63, 3.8) is 0 Å². The molecule has 0 bridgehead atoms. The highest BCUT2D eigenvalue weighted by atomic mass is 19.4. The van der Waals surface area contributed by atoms with Crippen LogP contribution in [0.1, 0.15) is 51.3 Å². The van der Waals surface area contributed by atoms with Crippen molar-refractivity contribution in [2.75, 3.05) is 0 Å². The molecule has 0 saturated carbocycles. The molecule has 0 radical (unpaired) electrons. The topological polar surface area (TPSA) is 66.8 Å². The van der Waals surface area contributed by atoms with E-state index in [0.717, 1.165) is 18.2 Å². The number of benzene rings is 1. The van der Waals surface area contributed by atoms with Crippen molar-refractivity contribution in [1.82, 2.24) is 0 Å². The first-order chi connectivity index (χ1) is 14.7. The van der Waals surface area contributed by atoms with Gasteiger partial charge in [0.25, 0.3) is 0 Å². The highest BCUT2D eigenvalue weighted by Crippen LogP contribution is 2.47. The Kier molecular flexibility index (Phi) is 7.44. The van der Waals surface area contributed by atoms with Crippen molar-refractivity contribution in [1.29, 1.82) is 0 Å². The number of aliphatic carboxylic acids is 1. The fourth-order valence-electron chi connectivity index (χ4n) is 3.86. The minimum absolute atomic E-state index is 0.223. The van der Waals surface area contributed by atoms with Crippen molar-refractivity contribution >= 4 is 5.97 Å². The quantitative estimate of drug-likeness (QED) is 0.263. The molecule has 3 atom stereocenters. The second-order valence-corrected chi connectivity index (χ2v) is 8.61. The number of rotatable bonds is 6. The van der Waals surface area contributed by atoms with Gasteiger partial charge in [0.2, 0.25) is 0 Å². The first-order valence-corrected chi connectivity index (χ1v) is 10.00. The third-order valence-electron chi connectivity index (χ3n) is 5.70. The van der Waals surface area contributed by atoms with Crippen LogP contribution in [0, 0.1) is 17.8 Å². The van der Waals surface area contributed by atoms with Gasteiger partial charge < -0.3 is 14.9 Å². The fraction of sp³-hybridized carbons (Fsp3) is 0.400. The first kappa shape index (κ1) is 25.4. The maximum Gasteiger partial charge on any atom is 0.416 e. The predicted octanol–water partition coefficient (Wildman–Crippen LogP) is 5.46. The van der Waals surface area contributed by atoms with E-state index in [1.807, 2.05) is 13.8 Å². The molecule has 0 unspecified atom stereocenters. The van der Waals surface area contributed by atoms with Gasteiger partial charge in [-0.05, 0) is 55.2 Å². The molecule has 172 valence electrons. The second-order valence-electron chi connectivity index (χ2n) is 8.61. The lowest BCUT2D eigenvalue weighted by atomic mass is 9.64. The van der Waals surface area contributed by atoms with Crippen LogP contribution >= 0.6 is 0 Å². The van der Waals surface area contributed by atoms with Crippen LogP contribution in [0.4, 0.5) is 13.2 Å². The first-order valence-electron chi connectivity index (χ1n) is 10.00. The Labute approximate surface area is 186 Å². The number of alkyl halides is 3. The molecule has 0 saturated heterocycles. The molecule has 0 aliphatic heterocycles. The van der Waals surface area contributed by atoms with Gasteiger partial charge in [-0.3, -0.25) is 0 Å². The van der Waals surface area contributed by atoms with Crippen LogP contribution < -0.4 is 0 Å². The second kappa shape index (κ2) is 9.35. The maximum atomic E-state index is 13.1. The molecule has 1 aromatic carbocycles. The van der Waals surface area contributed by atoms with E-state index in [1.54, 1.807) is 32.1 Å². The Bertz CT molecular complexity index is 995. The maximum absolute atomic E-state index is 13.1. The van der Waals surface area contributed by atoms with Crippen molar-refractivity contribution in [3.8, 4) is 12.3 Å². The number of ether oxygens (including phenoxy) is 1. The third kappa shape index (κ3) is 5.70. The van der Waals surface area contributed by atoms with E-state index in [2.05, 4.69) is 5.92 Å². The molecule has 1 aromatic rings. The van der Waals surface area contributed by atoms with Gasteiger partial charge in [0.05, 0.1) is 11.7 Å². The summed E-state index contributed by atoms with van der Waals surface area (Å²) in [5.74, 6) is 1.32. The third-order valence-corrected chi connectivity index (χ3v) is 5.70. The number of hydrogen-bond acceptors (Lipinski definition) is 3. The molecule has 2 rings (SSSR count). The summed E-state index contributed by atoms with van der Waals surface area (Å²) < 4.78 is 45.1. The van der Waals surface area contributed by atoms with Crippen molar-refractivity contribution in [2.45, 2.75) is 58.1 Å². The predicted molar refractivity (Wildman–Crippen MR) is 116 cm³/mol. The van der Waals surface area contributed by atoms with Gasteiger partial charge in [0.15, 0.2) is 0 Å². The van der Waals surface area contributed by atoms with E-state index >= 15 is 0 Å². The number of carboxylic acids is 1. The van der Waals surface area contributed by atoms with E-state index in [1.165, 1.54) is 12.1 Å². The number of carbonyl (C=O) groups is 1. The molecule has 1 aliphatic rings. The summed E-state index contributed by atoms with van der Waals surface area (Å²) in [6.07, 6.45) is 5.71. The lowest BCUT2D eigenvalue weighted by molar-refractivity contribution is -0.137. The number of terminal acetylenes is 1. The molecule has 0 fully saturated rings. The van der Waals surface area contributed by atoms with E-state index in [4.69, 9.17) is 16.3 Å². The number of hydrogen-bond donors (Lipinski definition) is 2. The fourth-order valence-corrected chi connectivity index (χ4v) is 3.86. The van der Waals surface area contributed by atoms with Crippen LogP contribution in [0.2, 0.25) is 0 Å². The van der Waals surface area contributed by atoms with Crippen LogP contribution in [0.15, 0.2) is 59.7 Å². The van der Waals surface area contributed by atoms with E-state index in [0.29, 0.717) is 17.6 Å². The van der Waals surface area contributed by atoms with E-state index in [9.17, 15) is 23.1 Å². The lowest BCUT2D eigenvalue weighted by Crippen LogP contribution is -2.49. The molecular weight excluding hydrogens is 421 g/mol. The number of aliphatic hydroxyl groups is 1. The molecule has 2 N–H and O–H groups in total. The molecular formula is C25H27F3O4. The summed E-state index contributed by atoms with van der Waals surface area (Å²) in [7, 11) is 0. The Balaban J connectivity index is 2.31. The van der Waals surface area contributed by atoms with Gasteiger partial charge in [-0.15, -0.1) is 6.42 Å². The summed E-state index contributed by atoms with van der Waals surface area (Å²) in [6, 6.07) is 4.72. The normalized spacial score (nSPS) is 24.7. The Morgan fingerprint density at radius 2 is 2.03 bits per heavy atom. The molecule has 4 nitrogen and oxygen atoms in total. The average Bonchev–Trinajstić information content (AvgIpc) is 2.67. The summed E-state index contributed by atoms with van der Waals surface area (Å²) in [4.78, 5) is 10.8. The van der Waals surface area contributed by atoms with E-state index in [-0.39, 0.29) is 5.56 Å². The van der Waals surface area contributed by atoms with Gasteiger partial charge in [-0.2, -0.15) is 13.2 Å². The summed E-state index contributed by atoms with van der Waals surface area (Å²) >= 11 is 0. The summed E-state index contributed by atoms with van der Waals surface area (Å²) in [6.45, 7) is 6.99. The summed E-state index contributed by atoms with van der Waals surface area (Å²) in [5, 5.41) is 20.2. The van der Waals surface area contributed by atoms with Gasteiger partial charge in [-0.25, -0.2) is 4.79 Å². The van der Waals surface area contributed by atoms with Crippen LogP contribution in [0.3, 0.4) is 0 Å². The molecule has 0 amide bonds. The standard InChI is InChI=1S/C25H27F3O4/c1-6-21(18-8-7-9-19(14-18)25(26,27)28)32-20-13-17(3)24(31,23(4,5)15-20)11-10-16(2)12-22(29)30/h1,7-14,20-21,31H,15H2,2-5H3,(H,29,30)/b11-10+,16-12-/t20-,21+,24-/m1/s1. The smallest absolute Gasteiger partial charge is 0.416 e. The molecule has 1 aliphatic carbocycles. The van der Waals surface area contributed by atoms with Crippen LogP contribution in [0.5, 0.6) is 0 Å². The number of allylic oxidation sites excluding steroid dienone is 2. The van der Waals surface area contributed by atoms with Crippen LogP contribution in [-0.2, 0) is 15.7 Å². The Morgan fingerprint density at radius 1 is 1.38 bits per heavy atom.